The second-order valence-electron chi connectivity index (χ2n) is 6.29. The Bertz CT molecular complexity index is 702. The zero-order chi connectivity index (χ0) is 17.8. The lowest BCUT2D eigenvalue weighted by molar-refractivity contribution is -0.903. The molecular formula is C18H23ClN3O3+. The molecule has 1 aliphatic rings. The highest BCUT2D eigenvalue weighted by atomic mass is 35.5. The van der Waals surface area contributed by atoms with Crippen molar-refractivity contribution < 1.29 is 19.0 Å². The summed E-state index contributed by atoms with van der Waals surface area (Å²) in [4.78, 5) is 15.9. The smallest absolute Gasteiger partial charge is 0.259 e. The molecule has 1 aromatic heterocycles. The first kappa shape index (κ1) is 17.8. The van der Waals surface area contributed by atoms with Crippen LogP contribution in [0.15, 0.2) is 28.8 Å². The van der Waals surface area contributed by atoms with E-state index in [1.807, 2.05) is 29.2 Å². The number of rotatable bonds is 5. The Morgan fingerprint density at radius 3 is 2.56 bits per heavy atom. The number of ether oxygens (including phenoxy) is 1. The number of aryl methyl sites for hydroxylation is 2. The molecule has 1 saturated heterocycles. The normalized spacial score (nSPS) is 15.4. The maximum atomic E-state index is 12.6. The SMILES string of the molecule is Cc1noc(C)c1C(=O)N1CC[NH+](CCOc2ccc(Cl)cc2)CC1. The van der Waals surface area contributed by atoms with Crippen LogP contribution in [-0.4, -0.2) is 55.3 Å². The highest BCUT2D eigenvalue weighted by molar-refractivity contribution is 6.30. The maximum absolute atomic E-state index is 12.6. The average molecular weight is 365 g/mol. The van der Waals surface area contributed by atoms with Crippen molar-refractivity contribution in [1.82, 2.24) is 10.1 Å². The number of halogens is 1. The Hall–Kier alpha value is -2.05. The largest absolute Gasteiger partial charge is 0.488 e. The molecule has 1 aliphatic heterocycles. The Labute approximate surface area is 152 Å². The molecule has 1 N–H and O–H groups in total. The van der Waals surface area contributed by atoms with Gasteiger partial charge in [-0.05, 0) is 38.1 Å². The molecule has 0 bridgehead atoms. The Morgan fingerprint density at radius 2 is 1.96 bits per heavy atom. The van der Waals surface area contributed by atoms with E-state index in [1.54, 1.807) is 13.8 Å². The molecule has 1 fully saturated rings. The fourth-order valence-electron chi connectivity index (χ4n) is 3.07. The van der Waals surface area contributed by atoms with Crippen molar-refractivity contribution in [3.05, 3.63) is 46.3 Å². The number of nitrogens with one attached hydrogen (secondary N) is 1. The van der Waals surface area contributed by atoms with Gasteiger partial charge in [0.05, 0.1) is 31.9 Å². The minimum absolute atomic E-state index is 0.0210. The van der Waals surface area contributed by atoms with Gasteiger partial charge in [-0.2, -0.15) is 0 Å². The number of quaternary nitrogens is 1. The van der Waals surface area contributed by atoms with Crippen LogP contribution in [0.1, 0.15) is 21.8 Å². The Kier molecular flexibility index (Phi) is 5.60. The van der Waals surface area contributed by atoms with Crippen molar-refractivity contribution in [2.45, 2.75) is 13.8 Å². The van der Waals surface area contributed by atoms with Crippen molar-refractivity contribution >= 4 is 17.5 Å². The van der Waals surface area contributed by atoms with Gasteiger partial charge in [0.1, 0.15) is 30.2 Å². The predicted molar refractivity (Wildman–Crippen MR) is 94.4 cm³/mol. The van der Waals surface area contributed by atoms with E-state index in [9.17, 15) is 4.79 Å². The van der Waals surface area contributed by atoms with Crippen LogP contribution in [0.3, 0.4) is 0 Å². The van der Waals surface area contributed by atoms with Crippen LogP contribution in [0.5, 0.6) is 5.75 Å². The number of carbonyl (C=O) groups excluding carboxylic acids is 1. The number of hydrogen-bond donors (Lipinski definition) is 1. The molecule has 2 heterocycles. The molecule has 0 spiro atoms. The predicted octanol–water partition coefficient (Wildman–Crippen LogP) is 1.36. The van der Waals surface area contributed by atoms with E-state index in [4.69, 9.17) is 20.9 Å². The first-order chi connectivity index (χ1) is 12.0. The maximum Gasteiger partial charge on any atom is 0.259 e. The van der Waals surface area contributed by atoms with Crippen LogP contribution in [0.25, 0.3) is 0 Å². The van der Waals surface area contributed by atoms with E-state index < -0.39 is 0 Å². The minimum Gasteiger partial charge on any atom is -0.488 e. The van der Waals surface area contributed by atoms with Crippen LogP contribution in [0, 0.1) is 13.8 Å². The van der Waals surface area contributed by atoms with Crippen molar-refractivity contribution in [2.75, 3.05) is 39.3 Å². The van der Waals surface area contributed by atoms with E-state index in [-0.39, 0.29) is 5.91 Å². The average Bonchev–Trinajstić information content (AvgIpc) is 2.95. The van der Waals surface area contributed by atoms with Gasteiger partial charge in [0.15, 0.2) is 0 Å². The third-order valence-corrected chi connectivity index (χ3v) is 4.79. The van der Waals surface area contributed by atoms with E-state index in [0.29, 0.717) is 28.6 Å². The van der Waals surface area contributed by atoms with Gasteiger partial charge in [0, 0.05) is 5.02 Å². The molecule has 1 aromatic carbocycles. The van der Waals surface area contributed by atoms with Crippen molar-refractivity contribution in [3.63, 3.8) is 0 Å². The summed E-state index contributed by atoms with van der Waals surface area (Å²) in [6, 6.07) is 7.39. The lowest BCUT2D eigenvalue weighted by Gasteiger charge is -2.32. The van der Waals surface area contributed by atoms with Crippen LogP contribution in [0.2, 0.25) is 5.02 Å². The topological polar surface area (TPSA) is 60.0 Å². The molecule has 25 heavy (non-hydrogen) atoms. The summed E-state index contributed by atoms with van der Waals surface area (Å²) >= 11 is 5.86. The molecule has 0 aliphatic carbocycles. The zero-order valence-corrected chi connectivity index (χ0v) is 15.3. The van der Waals surface area contributed by atoms with Crippen molar-refractivity contribution in [1.29, 1.82) is 0 Å². The number of amides is 1. The zero-order valence-electron chi connectivity index (χ0n) is 14.5. The van der Waals surface area contributed by atoms with Gasteiger partial charge in [-0.15, -0.1) is 0 Å². The van der Waals surface area contributed by atoms with E-state index in [1.165, 1.54) is 4.90 Å². The Morgan fingerprint density at radius 1 is 1.28 bits per heavy atom. The molecule has 0 unspecified atom stereocenters. The summed E-state index contributed by atoms with van der Waals surface area (Å²) in [5, 5.41) is 4.57. The van der Waals surface area contributed by atoms with E-state index in [2.05, 4.69) is 5.16 Å². The van der Waals surface area contributed by atoms with Gasteiger partial charge in [-0.3, -0.25) is 4.79 Å². The number of hydrogen-bond acceptors (Lipinski definition) is 4. The van der Waals surface area contributed by atoms with Gasteiger partial charge in [0.25, 0.3) is 5.91 Å². The molecule has 6 nitrogen and oxygen atoms in total. The van der Waals surface area contributed by atoms with Gasteiger partial charge >= 0.3 is 0 Å². The third-order valence-electron chi connectivity index (χ3n) is 4.54. The molecule has 134 valence electrons. The van der Waals surface area contributed by atoms with Gasteiger partial charge < -0.3 is 19.1 Å². The number of carbonyl (C=O) groups is 1. The molecule has 7 heteroatoms. The summed E-state index contributed by atoms with van der Waals surface area (Å²) in [6.45, 7) is 8.45. The van der Waals surface area contributed by atoms with Gasteiger partial charge in [-0.1, -0.05) is 16.8 Å². The fraction of sp³-hybridized carbons (Fsp3) is 0.444. The van der Waals surface area contributed by atoms with E-state index >= 15 is 0 Å². The summed E-state index contributed by atoms with van der Waals surface area (Å²) < 4.78 is 10.9. The van der Waals surface area contributed by atoms with E-state index in [0.717, 1.165) is 38.5 Å². The third kappa shape index (κ3) is 4.32. The molecular weight excluding hydrogens is 342 g/mol. The highest BCUT2D eigenvalue weighted by Crippen LogP contribution is 2.16. The molecule has 0 atom stereocenters. The van der Waals surface area contributed by atoms with Gasteiger partial charge in [-0.25, -0.2) is 0 Å². The molecule has 2 aromatic rings. The number of nitrogens with zero attached hydrogens (tertiary/aromatic N) is 2. The standard InChI is InChI=1S/C18H22ClN3O3/c1-13-17(14(2)25-20-13)18(23)22-9-7-21(8-10-22)11-12-24-16-5-3-15(19)4-6-16/h3-6H,7-12H2,1-2H3/p+1. The van der Waals surface area contributed by atoms with Crippen molar-refractivity contribution in [2.24, 2.45) is 0 Å². The van der Waals surface area contributed by atoms with Crippen LogP contribution in [-0.2, 0) is 0 Å². The van der Waals surface area contributed by atoms with Gasteiger partial charge in [0.2, 0.25) is 0 Å². The molecule has 0 radical (unpaired) electrons. The number of aromatic nitrogens is 1. The molecule has 3 rings (SSSR count). The summed E-state index contributed by atoms with van der Waals surface area (Å²) in [6.07, 6.45) is 0. The summed E-state index contributed by atoms with van der Waals surface area (Å²) in [5.74, 6) is 1.44. The number of benzene rings is 1. The molecule has 1 amide bonds. The lowest BCUT2D eigenvalue weighted by Crippen LogP contribution is -3.15. The van der Waals surface area contributed by atoms with Crippen LogP contribution in [0.4, 0.5) is 0 Å². The number of piperazine rings is 1. The van der Waals surface area contributed by atoms with Crippen molar-refractivity contribution in [3.8, 4) is 5.75 Å². The summed E-state index contributed by atoms with van der Waals surface area (Å²) in [5.41, 5.74) is 1.27. The monoisotopic (exact) mass is 364 g/mol. The fourth-order valence-corrected chi connectivity index (χ4v) is 3.19. The lowest BCUT2D eigenvalue weighted by atomic mass is 10.1. The second-order valence-corrected chi connectivity index (χ2v) is 6.73. The second kappa shape index (κ2) is 7.89. The highest BCUT2D eigenvalue weighted by Gasteiger charge is 2.28. The first-order valence-corrected chi connectivity index (χ1v) is 8.86. The summed E-state index contributed by atoms with van der Waals surface area (Å²) in [7, 11) is 0. The van der Waals surface area contributed by atoms with Crippen LogP contribution < -0.4 is 9.64 Å². The Balaban J connectivity index is 1.44. The van der Waals surface area contributed by atoms with Crippen LogP contribution >= 0.6 is 11.6 Å². The first-order valence-electron chi connectivity index (χ1n) is 8.48. The minimum atomic E-state index is 0.0210. The molecule has 0 saturated carbocycles. The quantitative estimate of drug-likeness (QED) is 0.870.